The summed E-state index contributed by atoms with van der Waals surface area (Å²) in [5, 5.41) is 0.203. The number of halogens is 2. The monoisotopic (exact) mass is 411 g/mol. The average molecular weight is 413 g/mol. The minimum atomic E-state index is -0.959. The highest BCUT2D eigenvalue weighted by Crippen LogP contribution is 2.29. The van der Waals surface area contributed by atoms with E-state index < -0.39 is 12.1 Å². The van der Waals surface area contributed by atoms with Crippen LogP contribution >= 0.6 is 27.5 Å². The van der Waals surface area contributed by atoms with E-state index >= 15 is 0 Å². The van der Waals surface area contributed by atoms with Gasteiger partial charge >= 0.3 is 5.97 Å². The molecule has 0 unspecified atom stereocenters. The molecule has 0 aliphatic heterocycles. The van der Waals surface area contributed by atoms with Crippen LogP contribution in [-0.4, -0.2) is 25.0 Å². The lowest BCUT2D eigenvalue weighted by Crippen LogP contribution is -2.24. The number of esters is 1. The van der Waals surface area contributed by atoms with Gasteiger partial charge in [-0.25, -0.2) is 4.79 Å². The summed E-state index contributed by atoms with van der Waals surface area (Å²) in [7, 11) is 1.40. The quantitative estimate of drug-likeness (QED) is 0.454. The molecule has 0 bridgehead atoms. The number of ether oxygens (including phenoxy) is 2. The van der Waals surface area contributed by atoms with Crippen molar-refractivity contribution >= 4 is 45.0 Å². The first-order chi connectivity index (χ1) is 11.3. The van der Waals surface area contributed by atoms with Crippen molar-refractivity contribution in [2.45, 2.75) is 13.0 Å². The molecule has 1 atom stereocenters. The lowest BCUT2D eigenvalue weighted by Gasteiger charge is -2.15. The molecule has 0 radical (unpaired) electrons. The third kappa shape index (κ3) is 4.07. The van der Waals surface area contributed by atoms with Crippen LogP contribution in [0.5, 0.6) is 5.75 Å². The molecule has 5 nitrogen and oxygen atoms in total. The molecule has 2 N–H and O–H groups in total. The standard InChI is InChI=1S/C17H15BrClNO4/c1-9(16(21)10-3-5-11(18)6-4-10)24-17(22)12-7-13(19)14(20)8-15(12)23-2/h3-9H,20H2,1-2H3/t9-/m0/s1. The van der Waals surface area contributed by atoms with E-state index in [9.17, 15) is 9.59 Å². The fourth-order valence-corrected chi connectivity index (χ4v) is 2.45. The largest absolute Gasteiger partial charge is 0.496 e. The van der Waals surface area contributed by atoms with Crippen LogP contribution in [0, 0.1) is 0 Å². The van der Waals surface area contributed by atoms with Crippen LogP contribution in [-0.2, 0) is 4.74 Å². The van der Waals surface area contributed by atoms with Crippen molar-refractivity contribution in [3.8, 4) is 5.75 Å². The number of nitrogens with two attached hydrogens (primary N) is 1. The topological polar surface area (TPSA) is 78.6 Å². The highest BCUT2D eigenvalue weighted by molar-refractivity contribution is 9.10. The van der Waals surface area contributed by atoms with Gasteiger partial charge in [-0.2, -0.15) is 0 Å². The number of methoxy groups -OCH3 is 1. The van der Waals surface area contributed by atoms with E-state index in [2.05, 4.69) is 15.9 Å². The number of nitrogen functional groups attached to an aromatic ring is 1. The predicted molar refractivity (Wildman–Crippen MR) is 95.8 cm³/mol. The van der Waals surface area contributed by atoms with E-state index in [0.717, 1.165) is 4.47 Å². The van der Waals surface area contributed by atoms with Gasteiger partial charge in [-0.05, 0) is 25.1 Å². The Kier molecular flexibility index (Phi) is 5.85. The van der Waals surface area contributed by atoms with E-state index in [1.807, 2.05) is 0 Å². The SMILES string of the molecule is COc1cc(N)c(Cl)cc1C(=O)O[C@@H](C)C(=O)c1ccc(Br)cc1. The van der Waals surface area contributed by atoms with Gasteiger partial charge in [0.1, 0.15) is 11.3 Å². The molecule has 0 spiro atoms. The maximum Gasteiger partial charge on any atom is 0.342 e. The maximum absolute atomic E-state index is 12.3. The summed E-state index contributed by atoms with van der Waals surface area (Å²) >= 11 is 9.23. The summed E-state index contributed by atoms with van der Waals surface area (Å²) in [4.78, 5) is 24.7. The average Bonchev–Trinajstić information content (AvgIpc) is 2.56. The molecule has 0 aliphatic rings. The number of hydrogen-bond donors (Lipinski definition) is 1. The van der Waals surface area contributed by atoms with Gasteiger partial charge in [0.25, 0.3) is 0 Å². The fourth-order valence-electron chi connectivity index (χ4n) is 2.02. The Bertz CT molecular complexity index is 777. The number of benzene rings is 2. The Balaban J connectivity index is 2.18. The third-order valence-corrected chi connectivity index (χ3v) is 4.18. The second-order valence-corrected chi connectivity index (χ2v) is 6.32. The first-order valence-corrected chi connectivity index (χ1v) is 8.14. The Morgan fingerprint density at radius 2 is 1.83 bits per heavy atom. The molecule has 0 saturated heterocycles. The van der Waals surface area contributed by atoms with Gasteiger partial charge in [-0.15, -0.1) is 0 Å². The van der Waals surface area contributed by atoms with Crippen molar-refractivity contribution < 1.29 is 19.1 Å². The number of rotatable bonds is 5. The molecular weight excluding hydrogens is 398 g/mol. The van der Waals surface area contributed by atoms with Crippen LogP contribution in [0.25, 0.3) is 0 Å². The van der Waals surface area contributed by atoms with E-state index in [1.165, 1.54) is 26.2 Å². The molecule has 0 fully saturated rings. The molecule has 2 rings (SSSR count). The Hall–Kier alpha value is -2.05. The van der Waals surface area contributed by atoms with Gasteiger partial charge in [-0.1, -0.05) is 39.7 Å². The lowest BCUT2D eigenvalue weighted by atomic mass is 10.1. The van der Waals surface area contributed by atoms with E-state index in [1.54, 1.807) is 24.3 Å². The normalized spacial score (nSPS) is 11.7. The lowest BCUT2D eigenvalue weighted by molar-refractivity contribution is 0.0316. The van der Waals surface area contributed by atoms with Gasteiger partial charge in [0.05, 0.1) is 17.8 Å². The van der Waals surface area contributed by atoms with Crippen molar-refractivity contribution in [1.29, 1.82) is 0 Å². The van der Waals surface area contributed by atoms with Gasteiger partial charge in [0, 0.05) is 16.1 Å². The van der Waals surface area contributed by atoms with Crippen molar-refractivity contribution in [3.63, 3.8) is 0 Å². The van der Waals surface area contributed by atoms with E-state index in [4.69, 9.17) is 26.8 Å². The van der Waals surface area contributed by atoms with Crippen molar-refractivity contribution in [3.05, 3.63) is 57.0 Å². The molecule has 0 heterocycles. The van der Waals surface area contributed by atoms with Crippen LogP contribution in [0.4, 0.5) is 5.69 Å². The first-order valence-electron chi connectivity index (χ1n) is 6.97. The molecule has 0 aromatic heterocycles. The van der Waals surface area contributed by atoms with E-state index in [0.29, 0.717) is 5.56 Å². The zero-order chi connectivity index (χ0) is 17.9. The zero-order valence-electron chi connectivity index (χ0n) is 13.0. The minimum absolute atomic E-state index is 0.104. The number of Topliss-reactive ketones (excluding diaryl/α,β-unsaturated/α-hetero) is 1. The summed E-state index contributed by atoms with van der Waals surface area (Å²) in [5.41, 5.74) is 6.51. The van der Waals surface area contributed by atoms with Gasteiger partial charge in [0.15, 0.2) is 6.10 Å². The van der Waals surface area contributed by atoms with Gasteiger partial charge < -0.3 is 15.2 Å². The van der Waals surface area contributed by atoms with Crippen LogP contribution < -0.4 is 10.5 Å². The molecule has 24 heavy (non-hydrogen) atoms. The molecule has 0 amide bonds. The van der Waals surface area contributed by atoms with Crippen LogP contribution in [0.15, 0.2) is 40.9 Å². The number of hydrogen-bond acceptors (Lipinski definition) is 5. The van der Waals surface area contributed by atoms with E-state index in [-0.39, 0.29) is 27.8 Å². The molecule has 126 valence electrons. The molecule has 2 aromatic rings. The smallest absolute Gasteiger partial charge is 0.342 e. The Morgan fingerprint density at radius 3 is 2.42 bits per heavy atom. The number of carbonyl (C=O) groups excluding carboxylic acids is 2. The molecule has 7 heteroatoms. The van der Waals surface area contributed by atoms with Crippen molar-refractivity contribution in [2.75, 3.05) is 12.8 Å². The molecular formula is C17H15BrClNO4. The molecule has 2 aromatic carbocycles. The predicted octanol–water partition coefficient (Wildman–Crippen LogP) is 4.12. The maximum atomic E-state index is 12.3. The molecule has 0 saturated carbocycles. The Morgan fingerprint density at radius 1 is 1.21 bits per heavy atom. The van der Waals surface area contributed by atoms with Crippen LogP contribution in [0.3, 0.4) is 0 Å². The summed E-state index contributed by atoms with van der Waals surface area (Å²) in [6, 6.07) is 9.57. The number of ketones is 1. The summed E-state index contributed by atoms with van der Waals surface area (Å²) < 4.78 is 11.2. The van der Waals surface area contributed by atoms with Crippen molar-refractivity contribution in [2.24, 2.45) is 0 Å². The summed E-state index contributed by atoms with van der Waals surface area (Å²) in [5.74, 6) is -0.798. The Labute approximate surface area is 152 Å². The zero-order valence-corrected chi connectivity index (χ0v) is 15.3. The van der Waals surface area contributed by atoms with Crippen molar-refractivity contribution in [1.82, 2.24) is 0 Å². The molecule has 0 aliphatic carbocycles. The highest BCUT2D eigenvalue weighted by atomic mass is 79.9. The number of carbonyl (C=O) groups is 2. The van der Waals surface area contributed by atoms with Crippen LogP contribution in [0.1, 0.15) is 27.6 Å². The second kappa shape index (κ2) is 7.68. The first kappa shape index (κ1) is 18.3. The highest BCUT2D eigenvalue weighted by Gasteiger charge is 2.23. The third-order valence-electron chi connectivity index (χ3n) is 3.32. The summed E-state index contributed by atoms with van der Waals surface area (Å²) in [6.45, 7) is 1.51. The second-order valence-electron chi connectivity index (χ2n) is 4.99. The van der Waals surface area contributed by atoms with Crippen LogP contribution in [0.2, 0.25) is 5.02 Å². The van der Waals surface area contributed by atoms with Gasteiger partial charge in [0.2, 0.25) is 5.78 Å². The van der Waals surface area contributed by atoms with Gasteiger partial charge in [-0.3, -0.25) is 4.79 Å². The fraction of sp³-hybridized carbons (Fsp3) is 0.176. The number of anilines is 1. The minimum Gasteiger partial charge on any atom is -0.496 e. The summed E-state index contributed by atoms with van der Waals surface area (Å²) in [6.07, 6.45) is -0.959.